The first-order chi connectivity index (χ1) is 8.94. The molecule has 0 aliphatic heterocycles. The Kier molecular flexibility index (Phi) is 5.48. The summed E-state index contributed by atoms with van der Waals surface area (Å²) >= 11 is 0. The zero-order valence-corrected chi connectivity index (χ0v) is 11.0. The van der Waals surface area contributed by atoms with Gasteiger partial charge in [0.05, 0.1) is 17.4 Å². The molecule has 0 amide bonds. The second-order valence-corrected chi connectivity index (χ2v) is 5.73. The minimum absolute atomic E-state index is 0.0529. The van der Waals surface area contributed by atoms with Crippen LogP contribution in [0.5, 0.6) is 0 Å². The number of carboxylic acid groups (broad SMARTS) is 1. The van der Waals surface area contributed by atoms with E-state index < -0.39 is 16.0 Å². The van der Waals surface area contributed by atoms with Gasteiger partial charge in [-0.25, -0.2) is 17.9 Å². The molecule has 2 N–H and O–H groups in total. The molecular weight excluding hydrogens is 268 g/mol. The summed E-state index contributed by atoms with van der Waals surface area (Å²) in [5.41, 5.74) is 0.463. The van der Waals surface area contributed by atoms with Crippen molar-refractivity contribution in [2.75, 3.05) is 6.54 Å². The van der Waals surface area contributed by atoms with E-state index in [9.17, 15) is 13.2 Å². The first-order valence-electron chi connectivity index (χ1n) is 5.61. The van der Waals surface area contributed by atoms with Crippen LogP contribution in [0, 0.1) is 11.3 Å². The summed E-state index contributed by atoms with van der Waals surface area (Å²) < 4.78 is 25.8. The molecule has 1 aromatic carbocycles. The van der Waals surface area contributed by atoms with Crippen molar-refractivity contribution in [3.05, 3.63) is 35.4 Å². The third kappa shape index (κ3) is 5.50. The Morgan fingerprint density at radius 1 is 1.42 bits per heavy atom. The zero-order valence-electron chi connectivity index (χ0n) is 10.2. The number of rotatable bonds is 7. The average molecular weight is 282 g/mol. The highest BCUT2D eigenvalue weighted by Gasteiger charge is 2.12. The predicted molar refractivity (Wildman–Crippen MR) is 68.9 cm³/mol. The van der Waals surface area contributed by atoms with Gasteiger partial charge in [-0.05, 0) is 24.1 Å². The van der Waals surface area contributed by atoms with E-state index in [1.807, 2.05) is 6.07 Å². The quantitative estimate of drug-likeness (QED) is 0.728. The van der Waals surface area contributed by atoms with Gasteiger partial charge >= 0.3 is 5.97 Å². The number of sulfonamides is 1. The Bertz CT molecular complexity index is 590. The molecule has 0 fully saturated rings. The Morgan fingerprint density at radius 2 is 2.16 bits per heavy atom. The maximum absolute atomic E-state index is 11.7. The van der Waals surface area contributed by atoms with E-state index >= 15 is 0 Å². The number of hydrogen-bond acceptors (Lipinski definition) is 4. The van der Waals surface area contributed by atoms with Gasteiger partial charge in [-0.1, -0.05) is 12.1 Å². The highest BCUT2D eigenvalue weighted by Crippen LogP contribution is 2.08. The van der Waals surface area contributed by atoms with Crippen LogP contribution in [-0.2, 0) is 15.8 Å². The summed E-state index contributed by atoms with van der Waals surface area (Å²) in [6, 6.07) is 7.72. The van der Waals surface area contributed by atoms with Crippen LogP contribution < -0.4 is 4.72 Å². The molecule has 0 heterocycles. The van der Waals surface area contributed by atoms with E-state index in [-0.39, 0.29) is 24.3 Å². The molecule has 0 saturated heterocycles. The van der Waals surface area contributed by atoms with E-state index in [1.165, 1.54) is 18.2 Å². The van der Waals surface area contributed by atoms with Crippen LogP contribution in [0.3, 0.4) is 0 Å². The lowest BCUT2D eigenvalue weighted by Gasteiger charge is -2.06. The Hall–Kier alpha value is -1.91. The summed E-state index contributed by atoms with van der Waals surface area (Å²) in [6.07, 6.45) is 0.738. The number of hydrogen-bond donors (Lipinski definition) is 2. The summed E-state index contributed by atoms with van der Waals surface area (Å²) in [4.78, 5) is 10.8. The van der Waals surface area contributed by atoms with E-state index in [0.29, 0.717) is 12.0 Å². The largest absolute Gasteiger partial charge is 0.478 e. The summed E-state index contributed by atoms with van der Waals surface area (Å²) in [6.45, 7) is 0.203. The molecule has 0 unspecified atom stereocenters. The van der Waals surface area contributed by atoms with Crippen LogP contribution in [0.1, 0.15) is 28.8 Å². The molecule has 7 heteroatoms. The van der Waals surface area contributed by atoms with Crippen molar-refractivity contribution in [1.82, 2.24) is 4.72 Å². The van der Waals surface area contributed by atoms with Gasteiger partial charge in [0.2, 0.25) is 10.0 Å². The number of nitrogens with one attached hydrogen (secondary N) is 1. The zero-order chi connectivity index (χ0) is 14.3. The molecule has 0 aliphatic carbocycles. The fourth-order valence-electron chi connectivity index (χ4n) is 1.46. The van der Waals surface area contributed by atoms with Crippen LogP contribution in [0.25, 0.3) is 0 Å². The molecule has 0 bridgehead atoms. The van der Waals surface area contributed by atoms with Gasteiger partial charge in [-0.15, -0.1) is 0 Å². The Labute approximate surface area is 111 Å². The van der Waals surface area contributed by atoms with Crippen molar-refractivity contribution in [3.8, 4) is 6.07 Å². The second kappa shape index (κ2) is 6.87. The van der Waals surface area contributed by atoms with Crippen LogP contribution in [0.4, 0.5) is 0 Å². The second-order valence-electron chi connectivity index (χ2n) is 3.92. The molecule has 1 aromatic rings. The average Bonchev–Trinajstić information content (AvgIpc) is 2.34. The van der Waals surface area contributed by atoms with E-state index in [4.69, 9.17) is 10.4 Å². The van der Waals surface area contributed by atoms with E-state index in [1.54, 1.807) is 6.07 Å². The van der Waals surface area contributed by atoms with Gasteiger partial charge in [-0.3, -0.25) is 0 Å². The van der Waals surface area contributed by atoms with E-state index in [0.717, 1.165) is 0 Å². The number of nitrogens with zero attached hydrogens (tertiary/aromatic N) is 1. The van der Waals surface area contributed by atoms with Gasteiger partial charge in [0, 0.05) is 13.0 Å². The first-order valence-corrected chi connectivity index (χ1v) is 7.26. The van der Waals surface area contributed by atoms with Crippen LogP contribution in [-0.4, -0.2) is 26.0 Å². The maximum atomic E-state index is 11.7. The summed E-state index contributed by atoms with van der Waals surface area (Å²) in [5, 5.41) is 17.1. The third-order valence-corrected chi connectivity index (χ3v) is 3.68. The number of carboxylic acids is 1. The number of aromatic carboxylic acids is 1. The number of unbranched alkanes of at least 4 members (excludes halogenated alkanes) is 1. The van der Waals surface area contributed by atoms with Crippen LogP contribution in [0.2, 0.25) is 0 Å². The summed E-state index contributed by atoms with van der Waals surface area (Å²) in [7, 11) is -3.51. The van der Waals surface area contributed by atoms with Gasteiger partial charge in [0.25, 0.3) is 0 Å². The van der Waals surface area contributed by atoms with Crippen molar-refractivity contribution >= 4 is 16.0 Å². The number of carbonyl (C=O) groups is 1. The molecule has 102 valence electrons. The normalized spacial score (nSPS) is 10.9. The third-order valence-electron chi connectivity index (χ3n) is 2.32. The SMILES string of the molecule is N#CCCCNS(=O)(=O)Cc1cccc(C(=O)O)c1. The lowest BCUT2D eigenvalue weighted by Crippen LogP contribution is -2.26. The molecule has 6 nitrogen and oxygen atoms in total. The smallest absolute Gasteiger partial charge is 0.335 e. The highest BCUT2D eigenvalue weighted by molar-refractivity contribution is 7.88. The van der Waals surface area contributed by atoms with Gasteiger partial charge in [-0.2, -0.15) is 5.26 Å². The Balaban J connectivity index is 2.65. The lowest BCUT2D eigenvalue weighted by atomic mass is 10.1. The van der Waals surface area contributed by atoms with E-state index in [2.05, 4.69) is 4.72 Å². The van der Waals surface area contributed by atoms with Gasteiger partial charge < -0.3 is 5.11 Å². The fraction of sp³-hybridized carbons (Fsp3) is 0.333. The molecule has 1 rings (SSSR count). The lowest BCUT2D eigenvalue weighted by molar-refractivity contribution is 0.0696. The molecule has 19 heavy (non-hydrogen) atoms. The predicted octanol–water partition coefficient (Wildman–Crippen LogP) is 1.11. The fourth-order valence-corrected chi connectivity index (χ4v) is 2.64. The maximum Gasteiger partial charge on any atom is 0.335 e. The topological polar surface area (TPSA) is 107 Å². The molecule has 0 radical (unpaired) electrons. The standard InChI is InChI=1S/C12H14N2O4S/c13-6-1-2-7-14-19(17,18)9-10-4-3-5-11(8-10)12(15)16/h3-5,8,14H,1-2,7,9H2,(H,15,16). The molecule has 0 saturated carbocycles. The van der Waals surface area contributed by atoms with Crippen molar-refractivity contribution in [3.63, 3.8) is 0 Å². The summed E-state index contributed by atoms with van der Waals surface area (Å²) in [5.74, 6) is -1.37. The molecule has 0 aromatic heterocycles. The van der Waals surface area contributed by atoms with Gasteiger partial charge in [0.15, 0.2) is 0 Å². The molecule has 0 aliphatic rings. The first kappa shape index (κ1) is 15.1. The molecule has 0 atom stereocenters. The monoisotopic (exact) mass is 282 g/mol. The molecular formula is C12H14N2O4S. The van der Waals surface area contributed by atoms with Crippen molar-refractivity contribution < 1.29 is 18.3 Å². The number of nitriles is 1. The minimum Gasteiger partial charge on any atom is -0.478 e. The van der Waals surface area contributed by atoms with Crippen LogP contribution >= 0.6 is 0 Å². The van der Waals surface area contributed by atoms with Gasteiger partial charge in [0.1, 0.15) is 0 Å². The highest BCUT2D eigenvalue weighted by atomic mass is 32.2. The molecule has 0 spiro atoms. The van der Waals surface area contributed by atoms with Crippen LogP contribution in [0.15, 0.2) is 24.3 Å². The van der Waals surface area contributed by atoms with Crippen molar-refractivity contribution in [2.24, 2.45) is 0 Å². The van der Waals surface area contributed by atoms with Crippen molar-refractivity contribution in [1.29, 1.82) is 5.26 Å². The number of benzene rings is 1. The van der Waals surface area contributed by atoms with Crippen molar-refractivity contribution in [2.45, 2.75) is 18.6 Å². The Morgan fingerprint density at radius 3 is 2.79 bits per heavy atom. The minimum atomic E-state index is -3.51.